The molecule has 0 bridgehead atoms. The Morgan fingerprint density at radius 2 is 2.24 bits per heavy atom. The van der Waals surface area contributed by atoms with E-state index in [1.807, 2.05) is 0 Å². The summed E-state index contributed by atoms with van der Waals surface area (Å²) in [5.74, 6) is 0. The monoisotopic (exact) mass is 230 g/mol. The number of fused-ring (bicyclic) bond motifs is 1. The summed E-state index contributed by atoms with van der Waals surface area (Å²) in [4.78, 5) is 4.26. The Morgan fingerprint density at radius 3 is 3.06 bits per heavy atom. The van der Waals surface area contributed by atoms with E-state index < -0.39 is 0 Å². The molecule has 2 heterocycles. The van der Waals surface area contributed by atoms with Gasteiger partial charge in [-0.2, -0.15) is 4.98 Å². The zero-order valence-corrected chi connectivity index (χ0v) is 8.88. The summed E-state index contributed by atoms with van der Waals surface area (Å²) in [7, 11) is 0. The molecule has 0 radical (unpaired) electrons. The molecular formula is C11H10N4O2. The van der Waals surface area contributed by atoms with Gasteiger partial charge >= 0.3 is 0 Å². The molecule has 3 N–H and O–H groups in total. The quantitative estimate of drug-likeness (QED) is 0.669. The molecular weight excluding hydrogens is 220 g/mol. The Morgan fingerprint density at radius 1 is 1.29 bits per heavy atom. The van der Waals surface area contributed by atoms with Gasteiger partial charge in [-0.15, -0.1) is 0 Å². The number of aromatic nitrogens is 2. The minimum Gasteiger partial charge on any atom is -0.424 e. The lowest BCUT2D eigenvalue weighted by molar-refractivity contribution is 0.412. The molecule has 17 heavy (non-hydrogen) atoms. The lowest BCUT2D eigenvalue weighted by Crippen LogP contribution is -1.99. The van der Waals surface area contributed by atoms with Crippen LogP contribution in [-0.2, 0) is 6.54 Å². The van der Waals surface area contributed by atoms with Crippen molar-refractivity contribution in [3.05, 3.63) is 36.2 Å². The minimum atomic E-state index is 0.439. The van der Waals surface area contributed by atoms with Crippen LogP contribution in [0, 0.1) is 0 Å². The zero-order chi connectivity index (χ0) is 11.7. The molecule has 0 unspecified atom stereocenters. The Bertz CT molecular complexity index is 630. The van der Waals surface area contributed by atoms with Gasteiger partial charge in [-0.1, -0.05) is 5.16 Å². The van der Waals surface area contributed by atoms with Crippen molar-refractivity contribution >= 4 is 22.8 Å². The third-order valence-corrected chi connectivity index (χ3v) is 2.32. The summed E-state index contributed by atoms with van der Waals surface area (Å²) in [6.45, 7) is 0.499. The maximum absolute atomic E-state index is 5.66. The van der Waals surface area contributed by atoms with E-state index in [4.69, 9.17) is 14.7 Å². The van der Waals surface area contributed by atoms with Crippen molar-refractivity contribution in [1.82, 2.24) is 10.1 Å². The van der Waals surface area contributed by atoms with Gasteiger partial charge in [0.1, 0.15) is 17.5 Å². The highest BCUT2D eigenvalue weighted by atomic mass is 16.5. The van der Waals surface area contributed by atoms with E-state index in [0.29, 0.717) is 23.8 Å². The van der Waals surface area contributed by atoms with Crippen molar-refractivity contribution in [1.29, 1.82) is 0 Å². The van der Waals surface area contributed by atoms with E-state index in [0.717, 1.165) is 11.2 Å². The van der Waals surface area contributed by atoms with E-state index >= 15 is 0 Å². The number of nitrogens with two attached hydrogens (primary N) is 1. The summed E-state index contributed by atoms with van der Waals surface area (Å²) >= 11 is 0. The second kappa shape index (κ2) is 3.82. The molecule has 0 saturated heterocycles. The van der Waals surface area contributed by atoms with E-state index in [-0.39, 0.29) is 0 Å². The molecule has 0 aliphatic carbocycles. The Hall–Kier alpha value is -2.50. The second-order valence-electron chi connectivity index (χ2n) is 3.59. The predicted molar refractivity (Wildman–Crippen MR) is 62.3 cm³/mol. The van der Waals surface area contributed by atoms with Crippen LogP contribution in [0.15, 0.2) is 39.5 Å². The number of nitrogens with one attached hydrogen (secondary N) is 1. The first-order valence-corrected chi connectivity index (χ1v) is 5.10. The highest BCUT2D eigenvalue weighted by Gasteiger charge is 2.06. The van der Waals surface area contributed by atoms with E-state index in [1.54, 1.807) is 24.3 Å². The maximum atomic E-state index is 5.66. The average molecular weight is 230 g/mol. The largest absolute Gasteiger partial charge is 0.424 e. The van der Waals surface area contributed by atoms with Crippen LogP contribution in [0.4, 0.5) is 11.7 Å². The number of anilines is 2. The van der Waals surface area contributed by atoms with Crippen LogP contribution in [0.25, 0.3) is 11.1 Å². The number of rotatable bonds is 3. The third-order valence-electron chi connectivity index (χ3n) is 2.32. The van der Waals surface area contributed by atoms with Crippen LogP contribution in [0.3, 0.4) is 0 Å². The van der Waals surface area contributed by atoms with Gasteiger partial charge < -0.3 is 20.0 Å². The van der Waals surface area contributed by atoms with E-state index in [2.05, 4.69) is 15.5 Å². The van der Waals surface area contributed by atoms with Crippen LogP contribution in [0.1, 0.15) is 5.69 Å². The molecule has 0 saturated carbocycles. The minimum absolute atomic E-state index is 0.439. The molecule has 6 nitrogen and oxygen atoms in total. The molecule has 0 aliphatic heterocycles. The third kappa shape index (κ3) is 1.92. The zero-order valence-electron chi connectivity index (χ0n) is 8.88. The van der Waals surface area contributed by atoms with Gasteiger partial charge in [0.05, 0.1) is 6.54 Å². The number of hydrogen-bond acceptors (Lipinski definition) is 6. The smallest absolute Gasteiger partial charge is 0.296 e. The molecule has 0 atom stereocenters. The SMILES string of the molecule is Nc1ccc2oc(NCc3ccon3)nc2c1. The maximum Gasteiger partial charge on any atom is 0.296 e. The molecule has 3 rings (SSSR count). The van der Waals surface area contributed by atoms with Crippen molar-refractivity contribution in [3.8, 4) is 0 Å². The first kappa shape index (κ1) is 9.71. The molecule has 0 fully saturated rings. The highest BCUT2D eigenvalue weighted by Crippen LogP contribution is 2.21. The van der Waals surface area contributed by atoms with Gasteiger partial charge in [-0.25, -0.2) is 0 Å². The lowest BCUT2D eigenvalue weighted by atomic mass is 10.3. The second-order valence-corrected chi connectivity index (χ2v) is 3.59. The Balaban J connectivity index is 1.81. The first-order valence-electron chi connectivity index (χ1n) is 5.10. The normalized spacial score (nSPS) is 10.8. The van der Waals surface area contributed by atoms with Crippen molar-refractivity contribution < 1.29 is 8.94 Å². The average Bonchev–Trinajstić information content (AvgIpc) is 2.94. The highest BCUT2D eigenvalue weighted by molar-refractivity contribution is 5.78. The van der Waals surface area contributed by atoms with Gasteiger partial charge in [-0.3, -0.25) is 0 Å². The van der Waals surface area contributed by atoms with Crippen molar-refractivity contribution in [2.24, 2.45) is 0 Å². The molecule has 3 aromatic rings. The molecule has 2 aromatic heterocycles. The van der Waals surface area contributed by atoms with Gasteiger partial charge in [0.15, 0.2) is 5.58 Å². The molecule has 86 valence electrons. The fourth-order valence-electron chi connectivity index (χ4n) is 1.51. The Labute approximate surface area is 96.4 Å². The fraction of sp³-hybridized carbons (Fsp3) is 0.0909. The van der Waals surface area contributed by atoms with Crippen molar-refractivity contribution in [3.63, 3.8) is 0 Å². The topological polar surface area (TPSA) is 90.1 Å². The summed E-state index contributed by atoms with van der Waals surface area (Å²) in [5.41, 5.74) is 8.53. The molecule has 0 aliphatic rings. The van der Waals surface area contributed by atoms with Gasteiger partial charge in [0, 0.05) is 11.8 Å². The van der Waals surface area contributed by atoms with Crippen LogP contribution in [0.2, 0.25) is 0 Å². The van der Waals surface area contributed by atoms with Crippen LogP contribution in [0.5, 0.6) is 0 Å². The van der Waals surface area contributed by atoms with Gasteiger partial charge in [-0.05, 0) is 18.2 Å². The van der Waals surface area contributed by atoms with Crippen LogP contribution in [-0.4, -0.2) is 10.1 Å². The number of oxazole rings is 1. The van der Waals surface area contributed by atoms with E-state index in [9.17, 15) is 0 Å². The molecule has 0 amide bonds. The molecule has 1 aromatic carbocycles. The number of benzene rings is 1. The molecule has 6 heteroatoms. The number of nitrogen functional groups attached to an aromatic ring is 1. The molecule has 0 spiro atoms. The fourth-order valence-corrected chi connectivity index (χ4v) is 1.51. The Kier molecular flexibility index (Phi) is 2.18. The summed E-state index contributed by atoms with van der Waals surface area (Å²) < 4.78 is 10.2. The van der Waals surface area contributed by atoms with Gasteiger partial charge in [0.25, 0.3) is 6.01 Å². The van der Waals surface area contributed by atoms with Crippen molar-refractivity contribution in [2.45, 2.75) is 6.54 Å². The van der Waals surface area contributed by atoms with E-state index in [1.165, 1.54) is 6.26 Å². The summed E-state index contributed by atoms with van der Waals surface area (Å²) in [5, 5.41) is 6.79. The predicted octanol–water partition coefficient (Wildman–Crippen LogP) is 2.01. The summed E-state index contributed by atoms with van der Waals surface area (Å²) in [6.07, 6.45) is 1.52. The van der Waals surface area contributed by atoms with Gasteiger partial charge in [0.2, 0.25) is 0 Å². The standard InChI is InChI=1S/C11H10N4O2/c12-7-1-2-10-9(5-7)14-11(17-10)13-6-8-3-4-16-15-8/h1-5H,6,12H2,(H,13,14). The van der Waals surface area contributed by atoms with Crippen molar-refractivity contribution in [2.75, 3.05) is 11.1 Å². The number of hydrogen-bond donors (Lipinski definition) is 2. The van der Waals surface area contributed by atoms with Crippen LogP contribution < -0.4 is 11.1 Å². The summed E-state index contributed by atoms with van der Waals surface area (Å²) in [6, 6.07) is 7.54. The number of nitrogens with zero attached hydrogens (tertiary/aromatic N) is 2. The first-order chi connectivity index (χ1) is 8.31. The lowest BCUT2D eigenvalue weighted by Gasteiger charge is -1.95. The van der Waals surface area contributed by atoms with Crippen LogP contribution >= 0.6 is 0 Å².